The van der Waals surface area contributed by atoms with Crippen LogP contribution in [-0.4, -0.2) is 33.5 Å². The molecule has 0 radical (unpaired) electrons. The van der Waals surface area contributed by atoms with Gasteiger partial charge in [0.05, 0.1) is 5.69 Å². The number of hydrogen-bond acceptors (Lipinski definition) is 4. The molecule has 82 valence electrons. The number of amides is 1. The van der Waals surface area contributed by atoms with Gasteiger partial charge in [0.15, 0.2) is 0 Å². The predicted molar refractivity (Wildman–Crippen MR) is 59.0 cm³/mol. The Labute approximate surface area is 93.5 Å². The summed E-state index contributed by atoms with van der Waals surface area (Å²) in [4.78, 5) is 14.7. The van der Waals surface area contributed by atoms with Crippen LogP contribution in [0.4, 0.5) is 0 Å². The van der Waals surface area contributed by atoms with Crippen molar-refractivity contribution in [3.63, 3.8) is 0 Å². The Bertz CT molecular complexity index is 344. The number of aryl methyl sites for hydroxylation is 1. The number of carbonyl (C=O) groups excluding carboxylic acids is 1. The van der Waals surface area contributed by atoms with E-state index in [1.54, 1.807) is 0 Å². The Hall–Kier alpha value is -0.970. The maximum Gasteiger partial charge on any atom is 0.267 e. The van der Waals surface area contributed by atoms with E-state index in [2.05, 4.69) is 16.5 Å². The number of hydrogen-bond donors (Lipinski definition) is 0. The minimum atomic E-state index is 0.131. The van der Waals surface area contributed by atoms with Gasteiger partial charge in [0, 0.05) is 13.1 Å². The van der Waals surface area contributed by atoms with Crippen LogP contribution in [0, 0.1) is 0 Å². The van der Waals surface area contributed by atoms with E-state index in [1.807, 2.05) is 4.90 Å². The third kappa shape index (κ3) is 2.17. The third-order valence-corrected chi connectivity index (χ3v) is 3.39. The van der Waals surface area contributed by atoms with Gasteiger partial charge in [0.25, 0.3) is 5.91 Å². The summed E-state index contributed by atoms with van der Waals surface area (Å²) in [5.74, 6) is 0.131. The number of carbonyl (C=O) groups is 1. The van der Waals surface area contributed by atoms with Crippen molar-refractivity contribution in [3.8, 4) is 0 Å². The van der Waals surface area contributed by atoms with Gasteiger partial charge < -0.3 is 4.90 Å². The first-order valence-corrected chi connectivity index (χ1v) is 6.20. The van der Waals surface area contributed by atoms with E-state index in [0.29, 0.717) is 0 Å². The van der Waals surface area contributed by atoms with E-state index in [0.717, 1.165) is 49.3 Å². The average molecular weight is 225 g/mol. The molecule has 1 aliphatic heterocycles. The highest BCUT2D eigenvalue weighted by atomic mass is 32.1. The van der Waals surface area contributed by atoms with Crippen molar-refractivity contribution in [2.45, 2.75) is 32.6 Å². The smallest absolute Gasteiger partial charge is 0.267 e. The van der Waals surface area contributed by atoms with Crippen molar-refractivity contribution in [1.29, 1.82) is 0 Å². The SMILES string of the molecule is CCCc1nnsc1C(=O)N1CCCC1. The molecule has 0 saturated carbocycles. The molecule has 1 aromatic rings. The maximum atomic E-state index is 12.1. The summed E-state index contributed by atoms with van der Waals surface area (Å²) < 4.78 is 3.88. The van der Waals surface area contributed by atoms with E-state index in [-0.39, 0.29) is 5.91 Å². The fourth-order valence-corrected chi connectivity index (χ4v) is 2.51. The minimum absolute atomic E-state index is 0.131. The fourth-order valence-electron chi connectivity index (χ4n) is 1.84. The molecule has 0 spiro atoms. The topological polar surface area (TPSA) is 46.1 Å². The van der Waals surface area contributed by atoms with Gasteiger partial charge in [-0.05, 0) is 30.8 Å². The number of nitrogens with zero attached hydrogens (tertiary/aromatic N) is 3. The lowest BCUT2D eigenvalue weighted by atomic mass is 10.2. The highest BCUT2D eigenvalue weighted by Gasteiger charge is 2.23. The van der Waals surface area contributed by atoms with Gasteiger partial charge >= 0.3 is 0 Å². The number of aromatic nitrogens is 2. The van der Waals surface area contributed by atoms with Gasteiger partial charge in [-0.1, -0.05) is 17.8 Å². The summed E-state index contributed by atoms with van der Waals surface area (Å²) in [7, 11) is 0. The molecule has 0 atom stereocenters. The van der Waals surface area contributed by atoms with Crippen LogP contribution in [0.1, 0.15) is 41.6 Å². The first-order valence-electron chi connectivity index (χ1n) is 5.43. The van der Waals surface area contributed by atoms with Crippen molar-refractivity contribution in [3.05, 3.63) is 10.6 Å². The van der Waals surface area contributed by atoms with Crippen LogP contribution in [0.2, 0.25) is 0 Å². The van der Waals surface area contributed by atoms with E-state index >= 15 is 0 Å². The molecule has 4 nitrogen and oxygen atoms in total. The molecule has 0 N–H and O–H groups in total. The highest BCUT2D eigenvalue weighted by Crippen LogP contribution is 2.18. The standard InChI is InChI=1S/C10H15N3OS/c1-2-5-8-9(15-12-11-8)10(14)13-6-3-4-7-13/h2-7H2,1H3. The Balaban J connectivity index is 2.13. The molecule has 0 unspecified atom stereocenters. The van der Waals surface area contributed by atoms with Gasteiger partial charge in [-0.3, -0.25) is 4.79 Å². The summed E-state index contributed by atoms with van der Waals surface area (Å²) in [5, 5.41) is 4.02. The molecule has 1 saturated heterocycles. The first-order chi connectivity index (χ1) is 7.33. The van der Waals surface area contributed by atoms with E-state index in [4.69, 9.17) is 0 Å². The van der Waals surface area contributed by atoms with Crippen molar-refractivity contribution in [2.24, 2.45) is 0 Å². The van der Waals surface area contributed by atoms with E-state index in [1.165, 1.54) is 11.5 Å². The van der Waals surface area contributed by atoms with Gasteiger partial charge in [0.2, 0.25) is 0 Å². The fraction of sp³-hybridized carbons (Fsp3) is 0.700. The Kier molecular flexibility index (Phi) is 3.30. The van der Waals surface area contributed by atoms with Gasteiger partial charge in [-0.15, -0.1) is 5.10 Å². The molecule has 15 heavy (non-hydrogen) atoms. The van der Waals surface area contributed by atoms with E-state index in [9.17, 15) is 4.79 Å². The second-order valence-electron chi connectivity index (χ2n) is 3.80. The molecule has 0 bridgehead atoms. The van der Waals surface area contributed by atoms with E-state index < -0.39 is 0 Å². The summed E-state index contributed by atoms with van der Waals surface area (Å²) in [6, 6.07) is 0. The lowest BCUT2D eigenvalue weighted by Gasteiger charge is -2.13. The minimum Gasteiger partial charge on any atom is -0.338 e. The molecule has 0 aromatic carbocycles. The van der Waals surface area contributed by atoms with Crippen molar-refractivity contribution in [2.75, 3.05) is 13.1 Å². The summed E-state index contributed by atoms with van der Waals surface area (Å²) in [5.41, 5.74) is 0.874. The molecule has 0 aliphatic carbocycles. The lowest BCUT2D eigenvalue weighted by Crippen LogP contribution is -2.27. The lowest BCUT2D eigenvalue weighted by molar-refractivity contribution is 0.0796. The highest BCUT2D eigenvalue weighted by molar-refractivity contribution is 7.08. The molecule has 1 fully saturated rings. The zero-order valence-corrected chi connectivity index (χ0v) is 9.72. The van der Waals surface area contributed by atoms with Crippen molar-refractivity contribution in [1.82, 2.24) is 14.5 Å². The molecule has 5 heteroatoms. The van der Waals surface area contributed by atoms with Crippen LogP contribution in [0.15, 0.2) is 0 Å². The van der Waals surface area contributed by atoms with Crippen LogP contribution < -0.4 is 0 Å². The second-order valence-corrected chi connectivity index (χ2v) is 4.55. The zero-order chi connectivity index (χ0) is 10.7. The summed E-state index contributed by atoms with van der Waals surface area (Å²) >= 11 is 1.23. The monoisotopic (exact) mass is 225 g/mol. The number of likely N-dealkylation sites (tertiary alicyclic amines) is 1. The second kappa shape index (κ2) is 4.70. The number of rotatable bonds is 3. The zero-order valence-electron chi connectivity index (χ0n) is 8.90. The largest absolute Gasteiger partial charge is 0.338 e. The Morgan fingerprint density at radius 3 is 2.87 bits per heavy atom. The van der Waals surface area contributed by atoms with Crippen LogP contribution in [0.3, 0.4) is 0 Å². The quantitative estimate of drug-likeness (QED) is 0.787. The van der Waals surface area contributed by atoms with Crippen LogP contribution in [0.5, 0.6) is 0 Å². The summed E-state index contributed by atoms with van der Waals surface area (Å²) in [6.45, 7) is 3.87. The molecule has 1 aromatic heterocycles. The van der Waals surface area contributed by atoms with Gasteiger partial charge in [0.1, 0.15) is 4.88 Å². The molecule has 1 aliphatic rings. The normalized spacial score (nSPS) is 15.9. The van der Waals surface area contributed by atoms with Gasteiger partial charge in [-0.2, -0.15) is 0 Å². The Morgan fingerprint density at radius 2 is 2.20 bits per heavy atom. The average Bonchev–Trinajstić information content (AvgIpc) is 2.87. The predicted octanol–water partition coefficient (Wildman–Crippen LogP) is 1.73. The molecular weight excluding hydrogens is 210 g/mol. The van der Waals surface area contributed by atoms with Crippen molar-refractivity contribution >= 4 is 17.4 Å². The first kappa shape index (κ1) is 10.5. The summed E-state index contributed by atoms with van der Waals surface area (Å²) in [6.07, 6.45) is 4.11. The molecule has 2 heterocycles. The van der Waals surface area contributed by atoms with Crippen LogP contribution in [-0.2, 0) is 6.42 Å². The molecule has 2 rings (SSSR count). The van der Waals surface area contributed by atoms with Crippen LogP contribution >= 0.6 is 11.5 Å². The maximum absolute atomic E-state index is 12.1. The van der Waals surface area contributed by atoms with Crippen molar-refractivity contribution < 1.29 is 4.79 Å². The molecular formula is C10H15N3OS. The van der Waals surface area contributed by atoms with Crippen LogP contribution in [0.25, 0.3) is 0 Å². The molecule has 1 amide bonds. The Morgan fingerprint density at radius 1 is 1.47 bits per heavy atom. The van der Waals surface area contributed by atoms with Gasteiger partial charge in [-0.25, -0.2) is 0 Å². The third-order valence-electron chi connectivity index (χ3n) is 2.63.